The minimum atomic E-state index is -0.979. The van der Waals surface area contributed by atoms with Crippen molar-refractivity contribution in [3.8, 4) is 17.1 Å². The Morgan fingerprint density at radius 2 is 1.73 bits per heavy atom. The zero-order valence-corrected chi connectivity index (χ0v) is 29.7. The zero-order valence-electron chi connectivity index (χ0n) is 28.9. The number of aromatic nitrogens is 4. The number of aryl methyl sites for hydroxylation is 2. The number of hydrogen-bond donors (Lipinski definition) is 3. The SMILES string of the molecule is Cc1cccc(C)c1-c1cc(OCC(NCc2cnc3oc(C4CC4)cc3n2)C(C(C)C)C(C)C)nc(NSc2cccc(C(=O)O)c2)n1. The first-order chi connectivity index (χ1) is 23.5. The third kappa shape index (κ3) is 8.40. The van der Waals surface area contributed by atoms with Gasteiger partial charge in [0.25, 0.3) is 0 Å². The lowest BCUT2D eigenvalue weighted by Crippen LogP contribution is -2.45. The molecule has 2 aromatic carbocycles. The molecule has 11 heteroatoms. The maximum absolute atomic E-state index is 11.5. The van der Waals surface area contributed by atoms with Crippen molar-refractivity contribution in [2.45, 2.75) is 77.8 Å². The Balaban J connectivity index is 1.25. The minimum Gasteiger partial charge on any atom is -0.478 e. The highest BCUT2D eigenvalue weighted by Gasteiger charge is 2.30. The third-order valence-electron chi connectivity index (χ3n) is 9.03. The van der Waals surface area contributed by atoms with Crippen LogP contribution in [0.4, 0.5) is 5.95 Å². The fourth-order valence-corrected chi connectivity index (χ4v) is 7.27. The highest BCUT2D eigenvalue weighted by Crippen LogP contribution is 2.41. The lowest BCUT2D eigenvalue weighted by Gasteiger charge is -2.34. The molecule has 5 aromatic rings. The second kappa shape index (κ2) is 15.0. The Morgan fingerprint density at radius 3 is 2.43 bits per heavy atom. The maximum atomic E-state index is 11.5. The van der Waals surface area contributed by atoms with Crippen molar-refractivity contribution in [3.05, 3.63) is 88.9 Å². The second-order valence-corrected chi connectivity index (χ2v) is 14.4. The van der Waals surface area contributed by atoms with Gasteiger partial charge in [-0.1, -0.05) is 52.0 Å². The number of benzene rings is 2. The molecule has 3 heterocycles. The van der Waals surface area contributed by atoms with Gasteiger partial charge in [-0.15, -0.1) is 0 Å². The maximum Gasteiger partial charge on any atom is 0.335 e. The topological polar surface area (TPSA) is 135 Å². The highest BCUT2D eigenvalue weighted by atomic mass is 32.2. The molecule has 10 nitrogen and oxygen atoms in total. The first-order valence-electron chi connectivity index (χ1n) is 16.9. The molecule has 0 aliphatic heterocycles. The van der Waals surface area contributed by atoms with Gasteiger partial charge < -0.3 is 19.6 Å². The van der Waals surface area contributed by atoms with E-state index in [0.717, 1.165) is 57.1 Å². The first kappa shape index (κ1) is 34.4. The van der Waals surface area contributed by atoms with Crippen LogP contribution in [0, 0.1) is 31.6 Å². The van der Waals surface area contributed by atoms with Crippen molar-refractivity contribution in [2.24, 2.45) is 17.8 Å². The van der Waals surface area contributed by atoms with Gasteiger partial charge in [0.1, 0.15) is 17.9 Å². The summed E-state index contributed by atoms with van der Waals surface area (Å²) in [5.74, 6) is 2.42. The van der Waals surface area contributed by atoms with Crippen molar-refractivity contribution in [1.29, 1.82) is 0 Å². The van der Waals surface area contributed by atoms with Crippen molar-refractivity contribution < 1.29 is 19.1 Å². The fraction of sp³-hybridized carbons (Fsp3) is 0.395. The third-order valence-corrected chi connectivity index (χ3v) is 9.80. The summed E-state index contributed by atoms with van der Waals surface area (Å²) in [7, 11) is 0. The average Bonchev–Trinajstić information content (AvgIpc) is 3.83. The fourth-order valence-electron chi connectivity index (χ4n) is 6.64. The smallest absolute Gasteiger partial charge is 0.335 e. The van der Waals surface area contributed by atoms with Gasteiger partial charge in [0, 0.05) is 41.1 Å². The predicted molar refractivity (Wildman–Crippen MR) is 193 cm³/mol. The summed E-state index contributed by atoms with van der Waals surface area (Å²) in [6.07, 6.45) is 4.12. The number of nitrogens with one attached hydrogen (secondary N) is 2. The van der Waals surface area contributed by atoms with Gasteiger partial charge in [-0.05, 0) is 85.7 Å². The van der Waals surface area contributed by atoms with Crippen LogP contribution in [-0.4, -0.2) is 43.7 Å². The molecule has 1 aliphatic carbocycles. The molecule has 0 saturated heterocycles. The summed E-state index contributed by atoms with van der Waals surface area (Å²) in [4.78, 5) is 31.3. The lowest BCUT2D eigenvalue weighted by molar-refractivity contribution is 0.0696. The van der Waals surface area contributed by atoms with Gasteiger partial charge in [-0.25, -0.2) is 19.7 Å². The molecule has 1 aliphatic rings. The van der Waals surface area contributed by atoms with Crippen LogP contribution in [0.25, 0.3) is 22.5 Å². The van der Waals surface area contributed by atoms with Gasteiger partial charge in [0.2, 0.25) is 17.5 Å². The summed E-state index contributed by atoms with van der Waals surface area (Å²) >= 11 is 1.25. The number of carboxylic acids is 1. The van der Waals surface area contributed by atoms with Gasteiger partial charge >= 0.3 is 5.97 Å². The van der Waals surface area contributed by atoms with Crippen molar-refractivity contribution in [1.82, 2.24) is 25.3 Å². The average molecular weight is 681 g/mol. The Bertz CT molecular complexity index is 1910. The molecule has 0 bridgehead atoms. The van der Waals surface area contributed by atoms with E-state index in [9.17, 15) is 9.90 Å². The van der Waals surface area contributed by atoms with E-state index in [1.807, 2.05) is 24.3 Å². The summed E-state index contributed by atoms with van der Waals surface area (Å²) in [5, 5.41) is 13.2. The molecule has 0 amide bonds. The Kier molecular flexibility index (Phi) is 10.5. The van der Waals surface area contributed by atoms with Crippen LogP contribution in [0.15, 0.2) is 70.1 Å². The molecule has 0 radical (unpaired) electrons. The van der Waals surface area contributed by atoms with E-state index in [2.05, 4.69) is 68.7 Å². The van der Waals surface area contributed by atoms with Crippen molar-refractivity contribution in [2.75, 3.05) is 11.3 Å². The van der Waals surface area contributed by atoms with Crippen LogP contribution in [0.3, 0.4) is 0 Å². The second-order valence-electron chi connectivity index (χ2n) is 13.6. The Hall–Kier alpha value is -4.48. The van der Waals surface area contributed by atoms with Gasteiger partial charge in [-0.3, -0.25) is 4.72 Å². The normalized spacial score (nSPS) is 13.8. The number of carboxylic acid groups (broad SMARTS) is 1. The van der Waals surface area contributed by atoms with E-state index in [0.29, 0.717) is 54.4 Å². The number of carbonyl (C=O) groups is 1. The number of fused-ring (bicyclic) bond motifs is 1. The molecule has 0 spiro atoms. The molecule has 256 valence electrons. The van der Waals surface area contributed by atoms with Gasteiger partial charge in [0.05, 0.1) is 23.1 Å². The van der Waals surface area contributed by atoms with Crippen molar-refractivity contribution in [3.63, 3.8) is 0 Å². The van der Waals surface area contributed by atoms with Crippen LogP contribution in [0.5, 0.6) is 5.88 Å². The highest BCUT2D eigenvalue weighted by molar-refractivity contribution is 8.00. The summed E-state index contributed by atoms with van der Waals surface area (Å²) < 4.78 is 15.7. The quantitative estimate of drug-likeness (QED) is 0.0919. The first-order valence-corrected chi connectivity index (χ1v) is 17.7. The van der Waals surface area contributed by atoms with E-state index in [1.54, 1.807) is 24.4 Å². The number of anilines is 1. The molecule has 1 fully saturated rings. The molecule has 3 N–H and O–H groups in total. The zero-order chi connectivity index (χ0) is 34.7. The lowest BCUT2D eigenvalue weighted by atomic mass is 9.80. The van der Waals surface area contributed by atoms with E-state index >= 15 is 0 Å². The molecular formula is C38H44N6O4S. The van der Waals surface area contributed by atoms with E-state index in [4.69, 9.17) is 24.1 Å². The number of ether oxygens (including phenoxy) is 1. The number of hydrogen-bond acceptors (Lipinski definition) is 10. The van der Waals surface area contributed by atoms with E-state index in [1.165, 1.54) is 11.9 Å². The van der Waals surface area contributed by atoms with Crippen LogP contribution in [0.1, 0.15) is 79.4 Å². The molecule has 1 unspecified atom stereocenters. The summed E-state index contributed by atoms with van der Waals surface area (Å²) in [6.45, 7) is 14.0. The molecule has 3 aromatic heterocycles. The van der Waals surface area contributed by atoms with Gasteiger partial charge in [0.15, 0.2) is 0 Å². The Labute approximate surface area is 291 Å². The molecular weight excluding hydrogens is 637 g/mol. The number of rotatable bonds is 15. The predicted octanol–water partition coefficient (Wildman–Crippen LogP) is 8.46. The largest absolute Gasteiger partial charge is 0.478 e. The van der Waals surface area contributed by atoms with E-state index in [-0.39, 0.29) is 11.6 Å². The van der Waals surface area contributed by atoms with Crippen LogP contribution < -0.4 is 14.8 Å². The van der Waals surface area contributed by atoms with Crippen LogP contribution in [-0.2, 0) is 6.54 Å². The van der Waals surface area contributed by atoms with Crippen LogP contribution >= 0.6 is 11.9 Å². The minimum absolute atomic E-state index is 0.00738. The molecule has 1 saturated carbocycles. The Morgan fingerprint density at radius 1 is 1.00 bits per heavy atom. The molecule has 49 heavy (non-hydrogen) atoms. The summed E-state index contributed by atoms with van der Waals surface area (Å²) in [6, 6.07) is 16.8. The molecule has 1 atom stereocenters. The summed E-state index contributed by atoms with van der Waals surface area (Å²) in [5.41, 5.74) is 6.40. The molecule has 6 rings (SSSR count). The van der Waals surface area contributed by atoms with Gasteiger partial charge in [-0.2, -0.15) is 4.98 Å². The van der Waals surface area contributed by atoms with E-state index < -0.39 is 5.97 Å². The van der Waals surface area contributed by atoms with Crippen molar-refractivity contribution >= 4 is 35.1 Å². The van der Waals surface area contributed by atoms with Crippen LogP contribution in [0.2, 0.25) is 0 Å². The monoisotopic (exact) mass is 680 g/mol. The number of nitrogens with zero attached hydrogens (tertiary/aromatic N) is 4. The number of aromatic carboxylic acids is 1. The standard InChI is InChI=1S/C38H44N6O4S/c1-21(2)34(22(3)4)31(39-18-27-19-40-36-30(41-27)16-32(48-36)25-13-14-25)20-47-33-17-29(35-23(5)9-7-10-24(35)6)42-38(43-33)44-49-28-12-8-11-26(15-28)37(45)46/h7-12,15-17,19,21-22,25,31,34,39H,13-14,18,20H2,1-6H3,(H,45,46)(H,42,43,44). The number of furan rings is 1.